The zero-order chi connectivity index (χ0) is 52.3. The number of amides is 4. The van der Waals surface area contributed by atoms with Crippen molar-refractivity contribution in [1.82, 2.24) is 45.4 Å². The summed E-state index contributed by atoms with van der Waals surface area (Å²) in [4.78, 5) is 73.0. The van der Waals surface area contributed by atoms with Crippen LogP contribution in [0.4, 0.5) is 5.82 Å². The smallest absolute Gasteiger partial charge is 0.243 e. The van der Waals surface area contributed by atoms with Crippen LogP contribution in [-0.2, 0) is 37.7 Å². The van der Waals surface area contributed by atoms with Crippen LogP contribution in [0.3, 0.4) is 0 Å². The molecule has 390 valence electrons. The van der Waals surface area contributed by atoms with Gasteiger partial charge in [-0.1, -0.05) is 86.7 Å². The lowest BCUT2D eigenvalue weighted by Gasteiger charge is -2.38. The largest absolute Gasteiger partial charge is 0.391 e. The number of thiazole rings is 1. The number of fused-ring (bicyclic) bond motifs is 1. The molecule has 2 fully saturated rings. The van der Waals surface area contributed by atoms with Crippen molar-refractivity contribution >= 4 is 51.9 Å². The van der Waals surface area contributed by atoms with Crippen LogP contribution >= 0.6 is 11.3 Å². The molecule has 0 unspecified atom stereocenters. The maximum atomic E-state index is 13.1. The molecule has 1 aliphatic heterocycles. The van der Waals surface area contributed by atoms with Gasteiger partial charge in [0.05, 0.1) is 40.0 Å². The van der Waals surface area contributed by atoms with Gasteiger partial charge in [-0.3, -0.25) is 23.7 Å². The number of hydrogen-bond acceptors (Lipinski definition) is 12. The summed E-state index contributed by atoms with van der Waals surface area (Å²) < 4.78 is 2.03. The van der Waals surface area contributed by atoms with Gasteiger partial charge in [-0.25, -0.2) is 19.9 Å². The highest BCUT2D eigenvalue weighted by atomic mass is 32.1. The molecule has 0 bridgehead atoms. The molecule has 1 aliphatic carbocycles. The summed E-state index contributed by atoms with van der Waals surface area (Å²) in [6, 6.07) is 31.3. The van der Waals surface area contributed by atoms with Gasteiger partial charge in [0.15, 0.2) is 11.5 Å². The summed E-state index contributed by atoms with van der Waals surface area (Å²) in [5.74, 6) is 0.122. The average molecular weight is 1030 g/mol. The highest BCUT2D eigenvalue weighted by Gasteiger charge is 2.39. The number of unbranched alkanes of at least 4 members (excludes halogenated alkanes) is 6. The third-order valence-corrected chi connectivity index (χ3v) is 15.5. The fourth-order valence-electron chi connectivity index (χ4n) is 10.1. The quantitative estimate of drug-likeness (QED) is 0.0335. The number of aliphatic hydroxyl groups is 1. The number of anilines is 1. The molecule has 9 rings (SSSR count). The predicted molar refractivity (Wildman–Crippen MR) is 293 cm³/mol. The van der Waals surface area contributed by atoms with Crippen molar-refractivity contribution in [2.24, 2.45) is 5.73 Å². The SMILES string of the molecule is Cc1ncsc1-c1ccc(CNC(=O)[C@@H]2C[C@@H](O)CN2C(=O)CNC(=O)CCCCCCCCCNC(=O)CCc2cccc(-c3ccc4nc(-c5cccnc5N)n(-c5ccc(C6(N)CCC6)cc5)c4n3)c2)cc1. The third-order valence-electron chi connectivity index (χ3n) is 14.6. The number of nitrogens with zero attached hydrogens (tertiary/aromatic N) is 6. The Balaban J connectivity index is 0.652. The van der Waals surface area contributed by atoms with Crippen LogP contribution in [0, 0.1) is 6.92 Å². The number of rotatable bonds is 23. The van der Waals surface area contributed by atoms with E-state index in [2.05, 4.69) is 56.3 Å². The molecular weight excluding hydrogens is 963 g/mol. The van der Waals surface area contributed by atoms with Gasteiger partial charge < -0.3 is 37.4 Å². The number of carbonyl (C=O) groups is 4. The van der Waals surface area contributed by atoms with Gasteiger partial charge in [-0.15, -0.1) is 11.3 Å². The minimum absolute atomic E-state index is 0.0227. The van der Waals surface area contributed by atoms with E-state index in [4.69, 9.17) is 21.4 Å². The molecule has 0 spiro atoms. The number of benzene rings is 3. The number of aromatic nitrogens is 5. The van der Waals surface area contributed by atoms with Crippen LogP contribution in [0.15, 0.2) is 109 Å². The van der Waals surface area contributed by atoms with E-state index < -0.39 is 18.1 Å². The van der Waals surface area contributed by atoms with Crippen molar-refractivity contribution in [3.63, 3.8) is 0 Å². The van der Waals surface area contributed by atoms with Crippen molar-refractivity contribution in [3.05, 3.63) is 131 Å². The number of aliphatic hydroxyl groups excluding tert-OH is 1. The first-order valence-corrected chi connectivity index (χ1v) is 27.2. The Labute approximate surface area is 441 Å². The van der Waals surface area contributed by atoms with E-state index in [9.17, 15) is 24.3 Å². The molecule has 7 aromatic rings. The second-order valence-corrected chi connectivity index (χ2v) is 20.8. The Morgan fingerprint density at radius 2 is 1.55 bits per heavy atom. The van der Waals surface area contributed by atoms with Crippen LogP contribution in [-0.4, -0.2) is 89.9 Å². The summed E-state index contributed by atoms with van der Waals surface area (Å²) in [6.45, 7) is 2.71. The van der Waals surface area contributed by atoms with Crippen molar-refractivity contribution < 1.29 is 24.3 Å². The van der Waals surface area contributed by atoms with Gasteiger partial charge in [0.2, 0.25) is 23.6 Å². The van der Waals surface area contributed by atoms with Gasteiger partial charge in [0.25, 0.3) is 0 Å². The predicted octanol–water partition coefficient (Wildman–Crippen LogP) is 8.07. The maximum Gasteiger partial charge on any atom is 0.243 e. The van der Waals surface area contributed by atoms with Crippen molar-refractivity contribution in [3.8, 4) is 38.8 Å². The topological polar surface area (TPSA) is 236 Å². The monoisotopic (exact) mass is 1030 g/mol. The minimum atomic E-state index is -0.809. The molecule has 1 saturated carbocycles. The number of nitrogens with one attached hydrogen (secondary N) is 3. The molecule has 2 atom stereocenters. The standard InChI is InChI=1S/C58H67N11O5S/c1-38-53(75-37-65-38)41-19-16-40(17-20-41)34-64-57(74)49-33-45(70)36-68(49)52(73)35-63-50(71)15-7-5-3-2-4-6-8-30-61-51(72)27-18-39-12-9-13-42(32-39)47-25-26-48-56(66-47)69(55(67-48)46-14-10-31-62-54(46)59)44-23-21-43(22-24-44)58(60)28-11-29-58/h9-10,12-14,16-17,19-26,31-32,37,45,49,70H,2-8,11,15,18,27-30,33-36,60H2,1H3,(H2,59,62)(H,61,72)(H,63,71)(H,64,74)/t45-,49+/m1/s1. The molecule has 16 nitrogen and oxygen atoms in total. The molecule has 2 aliphatic rings. The van der Waals surface area contributed by atoms with Gasteiger partial charge in [0.1, 0.15) is 17.4 Å². The molecule has 17 heteroatoms. The Bertz CT molecular complexity index is 3110. The van der Waals surface area contributed by atoms with Gasteiger partial charge >= 0.3 is 0 Å². The second-order valence-electron chi connectivity index (χ2n) is 20.0. The normalized spacial score (nSPS) is 15.9. The molecule has 5 heterocycles. The number of likely N-dealkylation sites (tertiary alicyclic amines) is 1. The van der Waals surface area contributed by atoms with E-state index in [1.165, 1.54) is 4.90 Å². The lowest BCUT2D eigenvalue weighted by atomic mass is 9.73. The maximum absolute atomic E-state index is 13.1. The van der Waals surface area contributed by atoms with Gasteiger partial charge in [-0.2, -0.15) is 0 Å². The highest BCUT2D eigenvalue weighted by Crippen LogP contribution is 2.40. The number of hydrogen-bond donors (Lipinski definition) is 6. The Hall–Kier alpha value is -7.34. The third kappa shape index (κ3) is 13.0. The number of carbonyl (C=O) groups excluding carboxylic acids is 4. The first-order chi connectivity index (χ1) is 36.4. The number of nitrogens with two attached hydrogens (primary N) is 2. The summed E-state index contributed by atoms with van der Waals surface area (Å²) in [5, 5.41) is 19.0. The molecule has 1 saturated heterocycles. The van der Waals surface area contributed by atoms with Crippen LogP contribution in [0.5, 0.6) is 0 Å². The Morgan fingerprint density at radius 3 is 2.28 bits per heavy atom. The molecule has 75 heavy (non-hydrogen) atoms. The van der Waals surface area contributed by atoms with Crippen LogP contribution in [0.25, 0.3) is 49.9 Å². The Kier molecular flexibility index (Phi) is 17.0. The zero-order valence-electron chi connectivity index (χ0n) is 42.6. The van der Waals surface area contributed by atoms with E-state index in [0.29, 0.717) is 49.5 Å². The minimum Gasteiger partial charge on any atom is -0.391 e. The first-order valence-electron chi connectivity index (χ1n) is 26.3. The van der Waals surface area contributed by atoms with Crippen molar-refractivity contribution in [1.29, 1.82) is 0 Å². The lowest BCUT2D eigenvalue weighted by Crippen LogP contribution is -2.48. The van der Waals surface area contributed by atoms with Crippen molar-refractivity contribution in [2.45, 2.75) is 121 Å². The fraction of sp³-hybridized carbons (Fsp3) is 0.379. The lowest BCUT2D eigenvalue weighted by molar-refractivity contribution is -0.138. The van der Waals surface area contributed by atoms with E-state index in [1.54, 1.807) is 17.5 Å². The number of β-amino-alcohol motifs (C(OH)–C–C–N with tert-alkyl or cyclic N) is 1. The number of aryl methyl sites for hydroxylation is 2. The van der Waals surface area contributed by atoms with E-state index in [0.717, 1.165) is 119 Å². The Morgan fingerprint density at radius 1 is 0.787 bits per heavy atom. The first kappa shape index (κ1) is 52.5. The van der Waals surface area contributed by atoms with E-state index in [1.807, 2.05) is 83.7 Å². The highest BCUT2D eigenvalue weighted by molar-refractivity contribution is 7.13. The number of pyridine rings is 2. The van der Waals surface area contributed by atoms with Crippen LogP contribution in [0.1, 0.15) is 106 Å². The second kappa shape index (κ2) is 24.3. The summed E-state index contributed by atoms with van der Waals surface area (Å²) in [6.07, 6.45) is 12.0. The van der Waals surface area contributed by atoms with Gasteiger partial charge in [0, 0.05) is 61.9 Å². The fourth-order valence-corrected chi connectivity index (χ4v) is 10.9. The van der Waals surface area contributed by atoms with E-state index in [-0.39, 0.29) is 49.3 Å². The number of imidazole rings is 1. The van der Waals surface area contributed by atoms with Crippen LogP contribution < -0.4 is 27.4 Å². The molecule has 8 N–H and O–H groups in total. The van der Waals surface area contributed by atoms with Crippen LogP contribution in [0.2, 0.25) is 0 Å². The summed E-state index contributed by atoms with van der Waals surface area (Å²) >= 11 is 1.58. The summed E-state index contributed by atoms with van der Waals surface area (Å²) in [5.41, 5.74) is 24.5. The zero-order valence-corrected chi connectivity index (χ0v) is 43.4. The molecule has 4 aromatic heterocycles. The van der Waals surface area contributed by atoms with E-state index >= 15 is 0 Å². The molecule has 4 amide bonds. The van der Waals surface area contributed by atoms with Crippen molar-refractivity contribution in [2.75, 3.05) is 25.4 Å². The number of nitrogen functional groups attached to an aromatic ring is 1. The average Bonchev–Trinajstić information content (AvgIpc) is 4.17. The summed E-state index contributed by atoms with van der Waals surface area (Å²) in [7, 11) is 0. The molecular formula is C58H67N11O5S. The molecule has 0 radical (unpaired) electrons. The molecule has 3 aromatic carbocycles. The van der Waals surface area contributed by atoms with Gasteiger partial charge in [-0.05, 0) is 110 Å².